The largest absolute Gasteiger partial charge is 0.496 e. The maximum atomic E-state index is 12.6. The summed E-state index contributed by atoms with van der Waals surface area (Å²) in [5, 5.41) is 0. The normalized spacial score (nSPS) is 18.3. The number of nitrogens with zero attached hydrogens (tertiary/aromatic N) is 2. The lowest BCUT2D eigenvalue weighted by Crippen LogP contribution is -2.41. The molecule has 2 aromatic heterocycles. The van der Waals surface area contributed by atoms with Gasteiger partial charge in [-0.1, -0.05) is 0 Å². The lowest BCUT2D eigenvalue weighted by atomic mass is 9.80. The highest BCUT2D eigenvalue weighted by Gasteiger charge is 2.52. The minimum atomic E-state index is -3.85. The fraction of sp³-hybridized carbons (Fsp3) is 0.412. The van der Waals surface area contributed by atoms with Crippen LogP contribution in [0.15, 0.2) is 41.7 Å². The summed E-state index contributed by atoms with van der Waals surface area (Å²) in [4.78, 5) is 8.07. The van der Waals surface area contributed by atoms with E-state index in [2.05, 4.69) is 14.7 Å². The molecule has 1 fully saturated rings. The highest BCUT2D eigenvalue weighted by molar-refractivity contribution is 7.92. The first-order valence-corrected chi connectivity index (χ1v) is 9.86. The Morgan fingerprint density at radius 2 is 1.81 bits per heavy atom. The summed E-state index contributed by atoms with van der Waals surface area (Å²) in [6.07, 6.45) is 4.31. The molecule has 1 aliphatic rings. The molecule has 0 saturated carbocycles. The van der Waals surface area contributed by atoms with Gasteiger partial charge in [-0.05, 0) is 45.9 Å². The van der Waals surface area contributed by atoms with Gasteiger partial charge in [-0.2, -0.15) is 0 Å². The third-order valence-corrected chi connectivity index (χ3v) is 6.13. The first-order chi connectivity index (χ1) is 12.6. The zero-order valence-electron chi connectivity index (χ0n) is 15.9. The van der Waals surface area contributed by atoms with Gasteiger partial charge in [0.15, 0.2) is 0 Å². The second kappa shape index (κ2) is 6.77. The van der Waals surface area contributed by atoms with Crippen LogP contribution in [0, 0.1) is 0 Å². The van der Waals surface area contributed by atoms with Crippen LogP contribution in [0.3, 0.4) is 0 Å². The average Bonchev–Trinajstić information content (AvgIpc) is 2.83. The molecule has 3 heterocycles. The molecule has 1 aliphatic heterocycles. The molecule has 0 unspecified atom stereocenters. The summed E-state index contributed by atoms with van der Waals surface area (Å²) in [6, 6.07) is 4.60. The van der Waals surface area contributed by atoms with Crippen molar-refractivity contribution in [1.82, 2.24) is 9.97 Å². The molecule has 0 atom stereocenters. The molecule has 0 aromatic carbocycles. The SMILES string of the molecule is COc1ncc(B2OC(C)(C)C(C)(C)O2)cc1NS(=O)(=O)c1cccnc1. The Kier molecular flexibility index (Phi) is 4.92. The van der Waals surface area contributed by atoms with Crippen LogP contribution in [0.2, 0.25) is 0 Å². The Hall–Kier alpha value is -2.17. The van der Waals surface area contributed by atoms with E-state index in [0.717, 1.165) is 0 Å². The van der Waals surface area contributed by atoms with Gasteiger partial charge in [0.25, 0.3) is 10.0 Å². The lowest BCUT2D eigenvalue weighted by Gasteiger charge is -2.32. The molecule has 8 nitrogen and oxygen atoms in total. The third-order valence-electron chi connectivity index (χ3n) is 4.78. The molecule has 1 N–H and O–H groups in total. The smallest absolute Gasteiger partial charge is 0.480 e. The predicted octanol–water partition coefficient (Wildman–Crippen LogP) is 1.59. The molecule has 0 spiro atoms. The van der Waals surface area contributed by atoms with Crippen LogP contribution in [-0.4, -0.2) is 43.8 Å². The van der Waals surface area contributed by atoms with Crippen molar-refractivity contribution in [1.29, 1.82) is 0 Å². The van der Waals surface area contributed by atoms with Gasteiger partial charge in [0, 0.05) is 24.1 Å². The molecule has 27 heavy (non-hydrogen) atoms. The summed E-state index contributed by atoms with van der Waals surface area (Å²) < 4.78 is 44.9. The fourth-order valence-electron chi connectivity index (χ4n) is 2.52. The Morgan fingerprint density at radius 1 is 1.15 bits per heavy atom. The van der Waals surface area contributed by atoms with E-state index in [1.54, 1.807) is 18.3 Å². The minimum Gasteiger partial charge on any atom is -0.480 e. The van der Waals surface area contributed by atoms with Gasteiger partial charge in [-0.15, -0.1) is 0 Å². The average molecular weight is 391 g/mol. The maximum Gasteiger partial charge on any atom is 0.496 e. The van der Waals surface area contributed by atoms with Crippen LogP contribution >= 0.6 is 0 Å². The lowest BCUT2D eigenvalue weighted by molar-refractivity contribution is 0.00578. The van der Waals surface area contributed by atoms with Crippen molar-refractivity contribution in [3.63, 3.8) is 0 Å². The zero-order valence-corrected chi connectivity index (χ0v) is 16.7. The van der Waals surface area contributed by atoms with Crippen LogP contribution < -0.4 is 14.9 Å². The van der Waals surface area contributed by atoms with Gasteiger partial charge in [0.2, 0.25) is 5.88 Å². The van der Waals surface area contributed by atoms with Crippen molar-refractivity contribution in [2.45, 2.75) is 43.8 Å². The summed E-state index contributed by atoms with van der Waals surface area (Å²) in [7, 11) is -3.10. The number of hydrogen-bond donors (Lipinski definition) is 1. The molecule has 10 heteroatoms. The second-order valence-electron chi connectivity index (χ2n) is 7.21. The standard InChI is InChI=1S/C17H22BN3O5S/c1-16(2)17(3,4)26-18(25-16)12-9-14(15(24-5)20-10-12)21-27(22,23)13-7-6-8-19-11-13/h6-11,21H,1-5H3. The quantitative estimate of drug-likeness (QED) is 0.773. The van der Waals surface area contributed by atoms with Crippen molar-refractivity contribution in [3.8, 4) is 5.88 Å². The van der Waals surface area contributed by atoms with E-state index in [0.29, 0.717) is 5.46 Å². The molecular formula is C17H22BN3O5S. The first-order valence-electron chi connectivity index (χ1n) is 8.38. The second-order valence-corrected chi connectivity index (χ2v) is 8.89. The monoisotopic (exact) mass is 391 g/mol. The summed E-state index contributed by atoms with van der Waals surface area (Å²) in [6.45, 7) is 7.76. The van der Waals surface area contributed by atoms with Gasteiger partial charge in [0.05, 0.1) is 18.3 Å². The van der Waals surface area contributed by atoms with Gasteiger partial charge in [-0.25, -0.2) is 13.4 Å². The van der Waals surface area contributed by atoms with Crippen molar-refractivity contribution >= 4 is 28.3 Å². The molecule has 3 rings (SSSR count). The first kappa shape index (κ1) is 19.6. The zero-order chi connectivity index (χ0) is 19.9. The number of aromatic nitrogens is 2. The number of ether oxygens (including phenoxy) is 1. The number of nitrogens with one attached hydrogen (secondary N) is 1. The number of pyridine rings is 2. The molecule has 0 bridgehead atoms. The van der Waals surface area contributed by atoms with Crippen LogP contribution in [0.4, 0.5) is 5.69 Å². The van der Waals surface area contributed by atoms with E-state index < -0.39 is 28.3 Å². The van der Waals surface area contributed by atoms with Gasteiger partial charge in [-0.3, -0.25) is 9.71 Å². The summed E-state index contributed by atoms with van der Waals surface area (Å²) in [5.41, 5.74) is -0.271. The fourth-order valence-corrected chi connectivity index (χ4v) is 3.53. The molecule has 144 valence electrons. The minimum absolute atomic E-state index is 0.0353. The Labute approximate surface area is 159 Å². The highest BCUT2D eigenvalue weighted by Crippen LogP contribution is 2.36. The number of rotatable bonds is 5. The van der Waals surface area contributed by atoms with Gasteiger partial charge in [0.1, 0.15) is 10.6 Å². The maximum absolute atomic E-state index is 12.6. The predicted molar refractivity (Wildman–Crippen MR) is 102 cm³/mol. The van der Waals surface area contributed by atoms with Crippen LogP contribution in [0.5, 0.6) is 5.88 Å². The highest BCUT2D eigenvalue weighted by atomic mass is 32.2. The Morgan fingerprint density at radius 3 is 2.37 bits per heavy atom. The van der Waals surface area contributed by atoms with Crippen LogP contribution in [-0.2, 0) is 19.3 Å². The van der Waals surface area contributed by atoms with Crippen molar-refractivity contribution in [2.75, 3.05) is 11.8 Å². The van der Waals surface area contributed by atoms with Gasteiger partial charge >= 0.3 is 7.12 Å². The number of sulfonamides is 1. The van der Waals surface area contributed by atoms with Crippen LogP contribution in [0.1, 0.15) is 27.7 Å². The van der Waals surface area contributed by atoms with E-state index >= 15 is 0 Å². The Balaban J connectivity index is 1.94. The molecular weight excluding hydrogens is 369 g/mol. The number of anilines is 1. The number of hydrogen-bond acceptors (Lipinski definition) is 7. The summed E-state index contributed by atoms with van der Waals surface area (Å²) >= 11 is 0. The van der Waals surface area contributed by atoms with E-state index in [1.807, 2.05) is 27.7 Å². The molecule has 0 radical (unpaired) electrons. The van der Waals surface area contributed by atoms with Crippen LogP contribution in [0.25, 0.3) is 0 Å². The molecule has 0 aliphatic carbocycles. The van der Waals surface area contributed by atoms with Crippen molar-refractivity contribution < 1.29 is 22.5 Å². The van der Waals surface area contributed by atoms with E-state index in [9.17, 15) is 8.42 Å². The van der Waals surface area contributed by atoms with Gasteiger partial charge < -0.3 is 14.0 Å². The molecule has 2 aromatic rings. The molecule has 0 amide bonds. The van der Waals surface area contributed by atoms with E-state index in [4.69, 9.17) is 14.0 Å². The van der Waals surface area contributed by atoms with E-state index in [-0.39, 0.29) is 16.5 Å². The number of methoxy groups -OCH3 is 1. The van der Waals surface area contributed by atoms with E-state index in [1.165, 1.54) is 25.6 Å². The summed E-state index contributed by atoms with van der Waals surface area (Å²) in [5.74, 6) is 0.141. The molecule has 1 saturated heterocycles. The van der Waals surface area contributed by atoms with Crippen molar-refractivity contribution in [3.05, 3.63) is 36.8 Å². The van der Waals surface area contributed by atoms with Crippen molar-refractivity contribution in [2.24, 2.45) is 0 Å². The Bertz CT molecular complexity index is 919. The third kappa shape index (κ3) is 3.78. The topological polar surface area (TPSA) is 99.6 Å².